The number of rotatable bonds is 4. The van der Waals surface area contributed by atoms with Crippen molar-refractivity contribution in [1.29, 1.82) is 0 Å². The number of furan rings is 1. The van der Waals surface area contributed by atoms with E-state index in [1.54, 1.807) is 7.05 Å². The third kappa shape index (κ3) is 2.97. The van der Waals surface area contributed by atoms with Crippen LogP contribution < -0.4 is 5.32 Å². The first-order valence-electron chi connectivity index (χ1n) is 5.64. The number of carbonyl (C=O) groups excluding carboxylic acids is 1. The SMILES string of the molecule is CNC(=O)CCc1ccc(-c2ccccc2)o1. The highest BCUT2D eigenvalue weighted by atomic mass is 16.3. The summed E-state index contributed by atoms with van der Waals surface area (Å²) < 4.78 is 5.68. The van der Waals surface area contributed by atoms with E-state index in [1.807, 2.05) is 42.5 Å². The van der Waals surface area contributed by atoms with Gasteiger partial charge in [-0.15, -0.1) is 0 Å². The maximum Gasteiger partial charge on any atom is 0.220 e. The fourth-order valence-electron chi connectivity index (χ4n) is 1.63. The van der Waals surface area contributed by atoms with Gasteiger partial charge in [-0.1, -0.05) is 30.3 Å². The minimum absolute atomic E-state index is 0.0302. The molecule has 0 saturated heterocycles. The van der Waals surface area contributed by atoms with Crippen molar-refractivity contribution < 1.29 is 9.21 Å². The van der Waals surface area contributed by atoms with E-state index in [-0.39, 0.29) is 5.91 Å². The highest BCUT2D eigenvalue weighted by Gasteiger charge is 2.06. The zero-order chi connectivity index (χ0) is 12.1. The van der Waals surface area contributed by atoms with Gasteiger partial charge in [-0.2, -0.15) is 0 Å². The molecular formula is C14H15NO2. The van der Waals surface area contributed by atoms with E-state index in [2.05, 4.69) is 5.32 Å². The summed E-state index contributed by atoms with van der Waals surface area (Å²) in [6.07, 6.45) is 1.09. The lowest BCUT2D eigenvalue weighted by molar-refractivity contribution is -0.120. The molecule has 0 radical (unpaired) electrons. The first-order valence-corrected chi connectivity index (χ1v) is 5.64. The minimum atomic E-state index is 0.0302. The molecule has 0 aliphatic heterocycles. The van der Waals surface area contributed by atoms with E-state index in [0.717, 1.165) is 17.1 Å². The standard InChI is InChI=1S/C14H15NO2/c1-15-14(16)10-8-12-7-9-13(17-12)11-5-3-2-4-6-11/h2-7,9H,8,10H2,1H3,(H,15,16). The Hall–Kier alpha value is -2.03. The van der Waals surface area contributed by atoms with Gasteiger partial charge in [0, 0.05) is 25.5 Å². The van der Waals surface area contributed by atoms with Crippen LogP contribution in [0.2, 0.25) is 0 Å². The van der Waals surface area contributed by atoms with Crippen molar-refractivity contribution in [2.24, 2.45) is 0 Å². The van der Waals surface area contributed by atoms with Crippen LogP contribution >= 0.6 is 0 Å². The van der Waals surface area contributed by atoms with Crippen molar-refractivity contribution in [3.63, 3.8) is 0 Å². The molecule has 2 rings (SSSR count). The fraction of sp³-hybridized carbons (Fsp3) is 0.214. The van der Waals surface area contributed by atoms with Gasteiger partial charge in [0.15, 0.2) is 0 Å². The smallest absolute Gasteiger partial charge is 0.220 e. The van der Waals surface area contributed by atoms with Crippen molar-refractivity contribution >= 4 is 5.91 Å². The largest absolute Gasteiger partial charge is 0.461 e. The Morgan fingerprint density at radius 2 is 1.94 bits per heavy atom. The van der Waals surface area contributed by atoms with Crippen LogP contribution in [0.15, 0.2) is 46.9 Å². The van der Waals surface area contributed by atoms with Gasteiger partial charge >= 0.3 is 0 Å². The Balaban J connectivity index is 2.04. The average molecular weight is 229 g/mol. The lowest BCUT2D eigenvalue weighted by atomic mass is 10.2. The minimum Gasteiger partial charge on any atom is -0.461 e. The average Bonchev–Trinajstić information content (AvgIpc) is 2.86. The van der Waals surface area contributed by atoms with E-state index >= 15 is 0 Å². The number of benzene rings is 1. The number of amides is 1. The van der Waals surface area contributed by atoms with Crippen molar-refractivity contribution in [3.05, 3.63) is 48.2 Å². The fourth-order valence-corrected chi connectivity index (χ4v) is 1.63. The number of hydrogen-bond acceptors (Lipinski definition) is 2. The summed E-state index contributed by atoms with van der Waals surface area (Å²) in [4.78, 5) is 11.1. The topological polar surface area (TPSA) is 42.2 Å². The normalized spacial score (nSPS) is 10.2. The molecule has 0 saturated carbocycles. The monoisotopic (exact) mass is 229 g/mol. The van der Waals surface area contributed by atoms with Gasteiger partial charge in [-0.05, 0) is 12.1 Å². The van der Waals surface area contributed by atoms with Crippen LogP contribution in [0.4, 0.5) is 0 Å². The molecule has 3 heteroatoms. The molecule has 0 atom stereocenters. The van der Waals surface area contributed by atoms with E-state index in [0.29, 0.717) is 12.8 Å². The molecule has 1 amide bonds. The summed E-state index contributed by atoms with van der Waals surface area (Å²) in [7, 11) is 1.64. The van der Waals surface area contributed by atoms with Crippen molar-refractivity contribution in [2.45, 2.75) is 12.8 Å². The second-order valence-electron chi connectivity index (χ2n) is 3.81. The predicted molar refractivity (Wildman–Crippen MR) is 66.5 cm³/mol. The Kier molecular flexibility index (Phi) is 3.60. The molecule has 0 bridgehead atoms. The first-order chi connectivity index (χ1) is 8.29. The summed E-state index contributed by atoms with van der Waals surface area (Å²) in [5.74, 6) is 1.72. The number of carbonyl (C=O) groups is 1. The first kappa shape index (κ1) is 11.5. The van der Waals surface area contributed by atoms with Crippen LogP contribution in [0, 0.1) is 0 Å². The maximum atomic E-state index is 11.1. The Labute approximate surface area is 100 Å². The Morgan fingerprint density at radius 1 is 1.18 bits per heavy atom. The predicted octanol–water partition coefficient (Wildman–Crippen LogP) is 2.63. The summed E-state index contributed by atoms with van der Waals surface area (Å²) >= 11 is 0. The van der Waals surface area contributed by atoms with Gasteiger partial charge in [0.25, 0.3) is 0 Å². The summed E-state index contributed by atoms with van der Waals surface area (Å²) in [6, 6.07) is 13.8. The van der Waals surface area contributed by atoms with Gasteiger partial charge < -0.3 is 9.73 Å². The van der Waals surface area contributed by atoms with Crippen LogP contribution in [0.3, 0.4) is 0 Å². The molecule has 1 aromatic carbocycles. The molecule has 17 heavy (non-hydrogen) atoms. The molecule has 0 fully saturated rings. The van der Waals surface area contributed by atoms with Crippen molar-refractivity contribution in [2.75, 3.05) is 7.05 Å². The van der Waals surface area contributed by atoms with Crippen LogP contribution in [0.25, 0.3) is 11.3 Å². The zero-order valence-corrected chi connectivity index (χ0v) is 9.77. The molecule has 0 aliphatic carbocycles. The maximum absolute atomic E-state index is 11.1. The number of hydrogen-bond donors (Lipinski definition) is 1. The molecule has 0 unspecified atom stereocenters. The summed E-state index contributed by atoms with van der Waals surface area (Å²) in [5.41, 5.74) is 1.05. The molecule has 0 spiro atoms. The summed E-state index contributed by atoms with van der Waals surface area (Å²) in [5, 5.41) is 2.59. The molecule has 1 N–H and O–H groups in total. The van der Waals surface area contributed by atoms with E-state index in [4.69, 9.17) is 4.42 Å². The van der Waals surface area contributed by atoms with E-state index in [9.17, 15) is 4.79 Å². The molecular weight excluding hydrogens is 214 g/mol. The molecule has 3 nitrogen and oxygen atoms in total. The summed E-state index contributed by atoms with van der Waals surface area (Å²) in [6.45, 7) is 0. The van der Waals surface area contributed by atoms with Crippen LogP contribution in [0.5, 0.6) is 0 Å². The van der Waals surface area contributed by atoms with Crippen LogP contribution in [0.1, 0.15) is 12.2 Å². The third-order valence-corrected chi connectivity index (χ3v) is 2.60. The Morgan fingerprint density at radius 3 is 2.65 bits per heavy atom. The van der Waals surface area contributed by atoms with Gasteiger partial charge in [0.2, 0.25) is 5.91 Å². The van der Waals surface area contributed by atoms with Crippen LogP contribution in [-0.2, 0) is 11.2 Å². The van der Waals surface area contributed by atoms with Gasteiger partial charge in [-0.3, -0.25) is 4.79 Å². The Bertz CT molecular complexity index is 488. The van der Waals surface area contributed by atoms with Crippen LogP contribution in [-0.4, -0.2) is 13.0 Å². The van der Waals surface area contributed by atoms with E-state index < -0.39 is 0 Å². The molecule has 1 heterocycles. The van der Waals surface area contributed by atoms with Crippen molar-refractivity contribution in [1.82, 2.24) is 5.32 Å². The lowest BCUT2D eigenvalue weighted by Gasteiger charge is -1.98. The molecule has 2 aromatic rings. The van der Waals surface area contributed by atoms with Gasteiger partial charge in [-0.25, -0.2) is 0 Å². The number of nitrogens with one attached hydrogen (secondary N) is 1. The molecule has 1 aromatic heterocycles. The molecule has 0 aliphatic rings. The second-order valence-corrected chi connectivity index (χ2v) is 3.81. The van der Waals surface area contributed by atoms with Crippen molar-refractivity contribution in [3.8, 4) is 11.3 Å². The van der Waals surface area contributed by atoms with E-state index in [1.165, 1.54) is 0 Å². The highest BCUT2D eigenvalue weighted by Crippen LogP contribution is 2.22. The quantitative estimate of drug-likeness (QED) is 0.875. The second kappa shape index (κ2) is 5.34. The third-order valence-electron chi connectivity index (χ3n) is 2.60. The highest BCUT2D eigenvalue weighted by molar-refractivity contribution is 5.75. The zero-order valence-electron chi connectivity index (χ0n) is 9.77. The van der Waals surface area contributed by atoms with Gasteiger partial charge in [0.1, 0.15) is 11.5 Å². The lowest BCUT2D eigenvalue weighted by Crippen LogP contribution is -2.17. The molecule has 88 valence electrons. The van der Waals surface area contributed by atoms with Gasteiger partial charge in [0.05, 0.1) is 0 Å². The number of aryl methyl sites for hydroxylation is 1.